The van der Waals surface area contributed by atoms with E-state index in [9.17, 15) is 105 Å². The maximum Gasteiger partial charge on any atom is 0.472 e. The van der Waals surface area contributed by atoms with Gasteiger partial charge < -0.3 is 0 Å². The summed E-state index contributed by atoms with van der Waals surface area (Å²) in [5, 5.41) is 0. The van der Waals surface area contributed by atoms with Crippen molar-refractivity contribution in [3.63, 3.8) is 0 Å². The molecule has 1 aromatic rings. The molecule has 0 aliphatic heterocycles. The Bertz CT molecular complexity index is 1210. The molecule has 1 rings (SSSR count). The molecule has 284 valence electrons. The zero-order valence-electron chi connectivity index (χ0n) is 22.9. The molecule has 0 amide bonds. The summed E-state index contributed by atoms with van der Waals surface area (Å²) < 4.78 is 316. The number of unbranched alkanes of at least 4 members (excludes halogenated alkanes) is 5. The monoisotopic (exact) mass is 767 g/mol. The minimum atomic E-state index is -8.71. The lowest BCUT2D eigenvalue weighted by molar-refractivity contribution is -0.697. The van der Waals surface area contributed by atoms with E-state index in [1.165, 1.54) is 0 Å². The molecule has 0 aliphatic rings. The van der Waals surface area contributed by atoms with Crippen molar-refractivity contribution in [3.05, 3.63) is 18.7 Å². The highest BCUT2D eigenvalue weighted by atomic mass is 19.4. The first-order valence-electron chi connectivity index (χ1n) is 12.5. The van der Waals surface area contributed by atoms with Crippen molar-refractivity contribution < 1.29 is 110 Å². The van der Waals surface area contributed by atoms with Crippen molar-refractivity contribution in [3.8, 4) is 0 Å². The molecule has 0 aromatic carbocycles. The number of halogens is 24. The van der Waals surface area contributed by atoms with Crippen molar-refractivity contribution in [2.24, 2.45) is 0 Å². The molecule has 0 saturated carbocycles. The summed E-state index contributed by atoms with van der Waals surface area (Å²) in [6.45, 7) is -0.340. The van der Waals surface area contributed by atoms with Gasteiger partial charge in [-0.25, -0.2) is 4.57 Å². The van der Waals surface area contributed by atoms with Crippen LogP contribution in [0.1, 0.15) is 44.9 Å². The summed E-state index contributed by atoms with van der Waals surface area (Å²) in [5.41, 5.74) is 0. The smallest absolute Gasteiger partial charge is 0.237 e. The van der Waals surface area contributed by atoms with Gasteiger partial charge in [0.05, 0.1) is 6.54 Å². The number of nitrogens with zero attached hydrogens (tertiary/aromatic N) is 2. The highest BCUT2D eigenvalue weighted by Crippen LogP contribution is 2.64. The van der Waals surface area contributed by atoms with Gasteiger partial charge in [0.15, 0.2) is 0 Å². The van der Waals surface area contributed by atoms with Gasteiger partial charge >= 0.3 is 65.8 Å². The highest BCUT2D eigenvalue weighted by Gasteiger charge is 2.95. The molecule has 0 spiro atoms. The average Bonchev–Trinajstić information content (AvgIpc) is 3.37. The molecule has 1 aromatic heterocycles. The summed E-state index contributed by atoms with van der Waals surface area (Å²) in [6, 6.07) is -5.76. The van der Waals surface area contributed by atoms with Gasteiger partial charge in [-0.1, -0.05) is 19.3 Å². The molecule has 1 heterocycles. The van der Waals surface area contributed by atoms with Gasteiger partial charge in [-0.15, -0.1) is 0 Å². The molecule has 0 bridgehead atoms. The summed E-state index contributed by atoms with van der Waals surface area (Å²) >= 11 is 0. The van der Waals surface area contributed by atoms with Crippen LogP contribution in [0.25, 0.3) is 0 Å². The van der Waals surface area contributed by atoms with Crippen LogP contribution < -0.4 is 4.57 Å². The Morgan fingerprint density at radius 1 is 0.396 bits per heavy atom. The normalized spacial score (nSPS) is 15.8. The molecule has 0 unspecified atom stereocenters. The number of aromatic nitrogens is 2. The Morgan fingerprint density at radius 2 is 0.750 bits per heavy atom. The average molecular weight is 767 g/mol. The second kappa shape index (κ2) is 13.0. The van der Waals surface area contributed by atoms with Gasteiger partial charge in [-0.05, 0) is 19.3 Å². The Hall–Kier alpha value is -2.47. The lowest BCUT2D eigenvalue weighted by Crippen LogP contribution is -2.74. The third-order valence-corrected chi connectivity index (χ3v) is 6.69. The maximum atomic E-state index is 13.9. The number of alkyl halides is 24. The van der Waals surface area contributed by atoms with Gasteiger partial charge in [0, 0.05) is 6.42 Å². The third-order valence-electron chi connectivity index (χ3n) is 6.69. The van der Waals surface area contributed by atoms with Gasteiger partial charge in [0.2, 0.25) is 6.33 Å². The standard InChI is InChI=1S/C22H19F24N2/c23-12(24,13(25,26)14(27,28)15(29,30)16(31,32)17(33,34)18(35,36)20(39,40)41)7-5-3-1-2-4-6-8-47-9-10-48(11-47)22(45,46)19(37,38)21(42,43)44/h9-11H,1-8H2/q+1. The molecule has 0 saturated heterocycles. The second-order valence-electron chi connectivity index (χ2n) is 10.2. The second-order valence-corrected chi connectivity index (χ2v) is 10.2. The Labute approximate surface area is 251 Å². The lowest BCUT2D eigenvalue weighted by Gasteiger charge is -2.42. The zero-order valence-corrected chi connectivity index (χ0v) is 22.9. The first-order valence-corrected chi connectivity index (χ1v) is 12.5. The van der Waals surface area contributed by atoms with Crippen molar-refractivity contribution in [1.29, 1.82) is 0 Å². The van der Waals surface area contributed by atoms with Crippen LogP contribution in [0.3, 0.4) is 0 Å². The van der Waals surface area contributed by atoms with Crippen molar-refractivity contribution >= 4 is 0 Å². The van der Waals surface area contributed by atoms with E-state index in [4.69, 9.17) is 0 Å². The minimum absolute atomic E-state index is 0.0457. The summed E-state index contributed by atoms with van der Waals surface area (Å²) in [5.74, 6) is -63.3. The first kappa shape index (κ1) is 43.6. The Balaban J connectivity index is 2.82. The molecule has 48 heavy (non-hydrogen) atoms. The maximum absolute atomic E-state index is 13.9. The predicted molar refractivity (Wildman–Crippen MR) is 109 cm³/mol. The van der Waals surface area contributed by atoms with Crippen LogP contribution in [0, 0.1) is 0 Å². The Morgan fingerprint density at radius 3 is 1.17 bits per heavy atom. The van der Waals surface area contributed by atoms with Gasteiger partial charge in [-0.3, -0.25) is 0 Å². The largest absolute Gasteiger partial charge is 0.472 e. The molecule has 0 N–H and O–H groups in total. The lowest BCUT2D eigenvalue weighted by atomic mass is 9.87. The number of aryl methyl sites for hydroxylation is 1. The quantitative estimate of drug-likeness (QED) is 0.0848. The van der Waals surface area contributed by atoms with Crippen LogP contribution in [0.4, 0.5) is 105 Å². The van der Waals surface area contributed by atoms with Crippen LogP contribution in [0.15, 0.2) is 18.7 Å². The molecule has 0 fully saturated rings. The summed E-state index contributed by atoms with van der Waals surface area (Å²) in [4.78, 5) is 0. The molecule has 2 nitrogen and oxygen atoms in total. The number of hydrogen-bond acceptors (Lipinski definition) is 0. The van der Waals surface area contributed by atoms with Crippen molar-refractivity contribution in [1.82, 2.24) is 4.57 Å². The van der Waals surface area contributed by atoms with E-state index >= 15 is 0 Å². The molecule has 0 atom stereocenters. The van der Waals surface area contributed by atoms with Crippen LogP contribution in [0.5, 0.6) is 0 Å². The van der Waals surface area contributed by atoms with Crippen LogP contribution in [0.2, 0.25) is 0 Å². The first-order chi connectivity index (χ1) is 20.9. The number of rotatable bonds is 17. The van der Waals surface area contributed by atoms with Gasteiger partial charge in [0.1, 0.15) is 12.4 Å². The SMILES string of the molecule is FC(F)(F)C(F)(F)C(F)(F)n1cc[n+](CCCCCCCCC(F)(F)C(F)(F)C(F)(F)C(F)(F)C(F)(F)C(F)(F)C(F)(F)C(F)(F)F)c1. The number of imidazole rings is 1. The molecule has 0 radical (unpaired) electrons. The fraction of sp³-hybridized carbons (Fsp3) is 0.864. The molecular formula is C22H19F24N2+. The van der Waals surface area contributed by atoms with Crippen LogP contribution >= 0.6 is 0 Å². The minimum Gasteiger partial charge on any atom is -0.237 e. The van der Waals surface area contributed by atoms with E-state index < -0.39 is 89.6 Å². The van der Waals surface area contributed by atoms with Gasteiger partial charge in [-0.2, -0.15) is 110 Å². The van der Waals surface area contributed by atoms with E-state index in [-0.39, 0.29) is 44.8 Å². The van der Waals surface area contributed by atoms with E-state index in [1.54, 1.807) is 0 Å². The van der Waals surface area contributed by atoms with Crippen LogP contribution in [-0.4, -0.2) is 64.3 Å². The predicted octanol–water partition coefficient (Wildman–Crippen LogP) is 10.3. The van der Waals surface area contributed by atoms with E-state index in [2.05, 4.69) is 0 Å². The van der Waals surface area contributed by atoms with E-state index in [0.717, 1.165) is 0 Å². The summed E-state index contributed by atoms with van der Waals surface area (Å²) in [7, 11) is 0. The fourth-order valence-electron chi connectivity index (χ4n) is 3.73. The number of hydrogen-bond donors (Lipinski definition) is 0. The van der Waals surface area contributed by atoms with Crippen LogP contribution in [-0.2, 0) is 12.6 Å². The van der Waals surface area contributed by atoms with E-state index in [1.807, 2.05) is 0 Å². The third kappa shape index (κ3) is 7.07. The zero-order chi connectivity index (χ0) is 38.4. The van der Waals surface area contributed by atoms with Gasteiger partial charge in [0.25, 0.3) is 0 Å². The fourth-order valence-corrected chi connectivity index (χ4v) is 3.73. The molecule has 0 aliphatic carbocycles. The summed E-state index contributed by atoms with van der Waals surface area (Å²) in [6.07, 6.45) is -18.7. The van der Waals surface area contributed by atoms with Crippen molar-refractivity contribution in [2.45, 2.75) is 117 Å². The van der Waals surface area contributed by atoms with E-state index in [0.29, 0.717) is 10.8 Å². The topological polar surface area (TPSA) is 8.81 Å². The molecular weight excluding hydrogens is 748 g/mol. The Kier molecular flexibility index (Phi) is 11.8. The molecule has 26 heteroatoms. The highest BCUT2D eigenvalue weighted by molar-refractivity contribution is 5.15. The van der Waals surface area contributed by atoms with Crippen molar-refractivity contribution in [2.75, 3.05) is 0 Å².